The first kappa shape index (κ1) is 14.3. The first-order valence-corrected chi connectivity index (χ1v) is 8.12. The SMILES string of the molecule is CS(=O)(=O)N1CCCN(C(=O)[C@@H]2C[C@H]2C(=O)O)CC1. The fourth-order valence-corrected chi connectivity index (χ4v) is 3.30. The third-order valence-electron chi connectivity index (χ3n) is 3.66. The summed E-state index contributed by atoms with van der Waals surface area (Å²) in [5.41, 5.74) is 0. The van der Waals surface area contributed by atoms with Crippen molar-refractivity contribution < 1.29 is 23.1 Å². The zero-order valence-corrected chi connectivity index (χ0v) is 11.6. The van der Waals surface area contributed by atoms with Gasteiger partial charge < -0.3 is 10.0 Å². The maximum atomic E-state index is 12.1. The number of carboxylic acid groups (broad SMARTS) is 1. The van der Waals surface area contributed by atoms with E-state index in [0.717, 1.165) is 6.26 Å². The Morgan fingerprint density at radius 1 is 1.11 bits per heavy atom. The van der Waals surface area contributed by atoms with Crippen molar-refractivity contribution in [3.63, 3.8) is 0 Å². The van der Waals surface area contributed by atoms with Gasteiger partial charge in [-0.25, -0.2) is 12.7 Å². The summed E-state index contributed by atoms with van der Waals surface area (Å²) in [7, 11) is -3.23. The number of aliphatic carboxylic acids is 1. The fourth-order valence-electron chi connectivity index (χ4n) is 2.42. The zero-order chi connectivity index (χ0) is 14.2. The highest BCUT2D eigenvalue weighted by atomic mass is 32.2. The van der Waals surface area contributed by atoms with Gasteiger partial charge in [0.2, 0.25) is 15.9 Å². The van der Waals surface area contributed by atoms with E-state index >= 15 is 0 Å². The second kappa shape index (κ2) is 5.09. The lowest BCUT2D eigenvalue weighted by Crippen LogP contribution is -2.38. The quantitative estimate of drug-likeness (QED) is 0.734. The Hall–Kier alpha value is -1.15. The summed E-state index contributed by atoms with van der Waals surface area (Å²) < 4.78 is 24.3. The molecule has 2 atom stereocenters. The van der Waals surface area contributed by atoms with E-state index in [1.165, 1.54) is 4.31 Å². The molecule has 1 N–H and O–H groups in total. The normalized spacial score (nSPS) is 28.8. The fraction of sp³-hybridized carbons (Fsp3) is 0.818. The molecular formula is C11H18N2O5S. The Labute approximate surface area is 112 Å². The Kier molecular flexibility index (Phi) is 3.82. The molecule has 1 saturated heterocycles. The molecule has 1 saturated carbocycles. The molecule has 0 aromatic heterocycles. The Balaban J connectivity index is 1.93. The number of sulfonamides is 1. The highest BCUT2D eigenvalue weighted by Crippen LogP contribution is 2.40. The summed E-state index contributed by atoms with van der Waals surface area (Å²) in [4.78, 5) is 24.4. The molecule has 0 radical (unpaired) electrons. The van der Waals surface area contributed by atoms with Crippen LogP contribution >= 0.6 is 0 Å². The third-order valence-corrected chi connectivity index (χ3v) is 4.96. The van der Waals surface area contributed by atoms with Gasteiger partial charge in [0.1, 0.15) is 0 Å². The molecule has 7 nitrogen and oxygen atoms in total. The highest BCUT2D eigenvalue weighted by molar-refractivity contribution is 7.88. The second-order valence-electron chi connectivity index (χ2n) is 5.13. The minimum Gasteiger partial charge on any atom is -0.481 e. The van der Waals surface area contributed by atoms with Crippen molar-refractivity contribution in [1.29, 1.82) is 0 Å². The van der Waals surface area contributed by atoms with Gasteiger partial charge in [-0.1, -0.05) is 0 Å². The summed E-state index contributed by atoms with van der Waals surface area (Å²) >= 11 is 0. The van der Waals surface area contributed by atoms with Crippen molar-refractivity contribution in [3.8, 4) is 0 Å². The van der Waals surface area contributed by atoms with Crippen LogP contribution in [0.1, 0.15) is 12.8 Å². The molecule has 19 heavy (non-hydrogen) atoms. The van der Waals surface area contributed by atoms with E-state index in [1.54, 1.807) is 4.90 Å². The molecule has 2 rings (SSSR count). The van der Waals surface area contributed by atoms with Crippen molar-refractivity contribution in [2.24, 2.45) is 11.8 Å². The maximum absolute atomic E-state index is 12.1. The third kappa shape index (κ3) is 3.24. The van der Waals surface area contributed by atoms with E-state index in [0.29, 0.717) is 32.5 Å². The lowest BCUT2D eigenvalue weighted by atomic mass is 10.2. The molecule has 1 aliphatic heterocycles. The van der Waals surface area contributed by atoms with Crippen molar-refractivity contribution >= 4 is 21.9 Å². The summed E-state index contributed by atoms with van der Waals surface area (Å²) in [6.07, 6.45) is 2.15. The van der Waals surface area contributed by atoms with E-state index in [2.05, 4.69) is 0 Å². The van der Waals surface area contributed by atoms with E-state index < -0.39 is 27.8 Å². The first-order chi connectivity index (χ1) is 8.80. The number of amides is 1. The predicted molar refractivity (Wildman–Crippen MR) is 66.8 cm³/mol. The molecule has 0 spiro atoms. The lowest BCUT2D eigenvalue weighted by Gasteiger charge is -2.21. The van der Waals surface area contributed by atoms with Crippen LogP contribution in [0.2, 0.25) is 0 Å². The molecule has 1 amide bonds. The Morgan fingerprint density at radius 3 is 2.32 bits per heavy atom. The van der Waals surface area contributed by atoms with Crippen molar-refractivity contribution in [2.45, 2.75) is 12.8 Å². The maximum Gasteiger partial charge on any atom is 0.307 e. The molecule has 2 aliphatic rings. The van der Waals surface area contributed by atoms with Gasteiger partial charge in [-0.2, -0.15) is 0 Å². The smallest absolute Gasteiger partial charge is 0.307 e. The second-order valence-corrected chi connectivity index (χ2v) is 7.11. The van der Waals surface area contributed by atoms with Gasteiger partial charge in [0.05, 0.1) is 18.1 Å². The molecule has 1 heterocycles. The Morgan fingerprint density at radius 2 is 1.79 bits per heavy atom. The largest absolute Gasteiger partial charge is 0.481 e. The van der Waals surface area contributed by atoms with Gasteiger partial charge in [0, 0.05) is 26.2 Å². The van der Waals surface area contributed by atoms with Crippen LogP contribution in [-0.2, 0) is 19.6 Å². The van der Waals surface area contributed by atoms with Gasteiger partial charge in [0.25, 0.3) is 0 Å². The summed E-state index contributed by atoms with van der Waals surface area (Å²) in [5, 5.41) is 8.82. The van der Waals surface area contributed by atoms with Gasteiger partial charge in [0.15, 0.2) is 0 Å². The summed E-state index contributed by atoms with van der Waals surface area (Å²) in [6, 6.07) is 0. The number of hydrogen-bond donors (Lipinski definition) is 1. The molecule has 8 heteroatoms. The summed E-state index contributed by atoms with van der Waals surface area (Å²) in [5.74, 6) is -2.04. The minimum atomic E-state index is -3.23. The van der Waals surface area contributed by atoms with Crippen molar-refractivity contribution in [2.75, 3.05) is 32.4 Å². The summed E-state index contributed by atoms with van der Waals surface area (Å²) in [6.45, 7) is 1.53. The standard InChI is InChI=1S/C11H18N2O5S/c1-19(17,18)13-4-2-3-12(5-6-13)10(14)8-7-9(8)11(15)16/h8-9H,2-7H2,1H3,(H,15,16)/t8-,9-/m1/s1. The first-order valence-electron chi connectivity index (χ1n) is 6.27. The van der Waals surface area contributed by atoms with Crippen LogP contribution in [0.4, 0.5) is 0 Å². The topological polar surface area (TPSA) is 95.0 Å². The molecule has 0 aromatic carbocycles. The van der Waals surface area contributed by atoms with Crippen LogP contribution in [0.5, 0.6) is 0 Å². The zero-order valence-electron chi connectivity index (χ0n) is 10.8. The number of carboxylic acids is 1. The average molecular weight is 290 g/mol. The molecular weight excluding hydrogens is 272 g/mol. The number of rotatable bonds is 3. The van der Waals surface area contributed by atoms with Crippen LogP contribution in [-0.4, -0.2) is 67.0 Å². The highest BCUT2D eigenvalue weighted by Gasteiger charge is 2.49. The van der Waals surface area contributed by atoms with Crippen LogP contribution < -0.4 is 0 Å². The van der Waals surface area contributed by atoms with Gasteiger partial charge in [-0.15, -0.1) is 0 Å². The van der Waals surface area contributed by atoms with Crippen LogP contribution in [0, 0.1) is 11.8 Å². The number of carbonyl (C=O) groups excluding carboxylic acids is 1. The molecule has 0 bridgehead atoms. The lowest BCUT2D eigenvalue weighted by molar-refractivity contribution is -0.141. The number of carbonyl (C=O) groups is 2. The molecule has 0 unspecified atom stereocenters. The van der Waals surface area contributed by atoms with Crippen LogP contribution in [0.15, 0.2) is 0 Å². The van der Waals surface area contributed by atoms with Crippen molar-refractivity contribution in [3.05, 3.63) is 0 Å². The Bertz CT molecular complexity index is 489. The van der Waals surface area contributed by atoms with Gasteiger partial charge >= 0.3 is 5.97 Å². The number of hydrogen-bond acceptors (Lipinski definition) is 4. The minimum absolute atomic E-state index is 0.150. The van der Waals surface area contributed by atoms with E-state index in [1.807, 2.05) is 0 Å². The van der Waals surface area contributed by atoms with E-state index in [9.17, 15) is 18.0 Å². The van der Waals surface area contributed by atoms with E-state index in [4.69, 9.17) is 5.11 Å². The molecule has 1 aliphatic carbocycles. The molecule has 0 aromatic rings. The molecule has 108 valence electrons. The van der Waals surface area contributed by atoms with Gasteiger partial charge in [-0.3, -0.25) is 9.59 Å². The average Bonchev–Trinajstić information content (AvgIpc) is 3.10. The van der Waals surface area contributed by atoms with Gasteiger partial charge in [-0.05, 0) is 12.8 Å². The van der Waals surface area contributed by atoms with Crippen LogP contribution in [0.3, 0.4) is 0 Å². The van der Waals surface area contributed by atoms with Crippen LogP contribution in [0.25, 0.3) is 0 Å². The molecule has 2 fully saturated rings. The predicted octanol–water partition coefficient (Wildman–Crippen LogP) is -0.799. The number of nitrogens with zero attached hydrogens (tertiary/aromatic N) is 2. The van der Waals surface area contributed by atoms with Crippen molar-refractivity contribution in [1.82, 2.24) is 9.21 Å². The monoisotopic (exact) mass is 290 g/mol. The van der Waals surface area contributed by atoms with E-state index in [-0.39, 0.29) is 12.5 Å².